The molecular weight excluding hydrogens is 138 g/mol. The van der Waals surface area contributed by atoms with Gasteiger partial charge in [-0.25, -0.2) is 0 Å². The Morgan fingerprint density at radius 3 is 2.91 bits per heavy atom. The van der Waals surface area contributed by atoms with Crippen LogP contribution in [0.3, 0.4) is 0 Å². The van der Waals surface area contributed by atoms with Gasteiger partial charge in [-0.1, -0.05) is 0 Å². The number of likely N-dealkylation sites (tertiary alicyclic amines) is 1. The zero-order valence-corrected chi connectivity index (χ0v) is 7.51. The van der Waals surface area contributed by atoms with Crippen LogP contribution in [0.4, 0.5) is 0 Å². The third kappa shape index (κ3) is 2.43. The molecule has 0 saturated carbocycles. The molecule has 3 nitrogen and oxygen atoms in total. The van der Waals surface area contributed by atoms with Crippen molar-refractivity contribution in [2.24, 2.45) is 11.7 Å². The van der Waals surface area contributed by atoms with Gasteiger partial charge in [0.25, 0.3) is 0 Å². The molecule has 1 fully saturated rings. The Bertz CT molecular complexity index is 116. The zero-order valence-electron chi connectivity index (χ0n) is 7.51. The van der Waals surface area contributed by atoms with Crippen LogP contribution in [0.1, 0.15) is 12.8 Å². The fourth-order valence-electron chi connectivity index (χ4n) is 1.74. The lowest BCUT2D eigenvalue weighted by atomic mass is 9.96. The summed E-state index contributed by atoms with van der Waals surface area (Å²) in [4.78, 5) is 2.35. The van der Waals surface area contributed by atoms with Gasteiger partial charge in [0.05, 0.1) is 6.17 Å². The fourth-order valence-corrected chi connectivity index (χ4v) is 1.74. The van der Waals surface area contributed by atoms with Crippen molar-refractivity contribution >= 4 is 0 Å². The second-order valence-electron chi connectivity index (χ2n) is 3.48. The molecule has 2 unspecified atom stereocenters. The van der Waals surface area contributed by atoms with Crippen LogP contribution < -0.4 is 11.1 Å². The molecule has 66 valence electrons. The van der Waals surface area contributed by atoms with Gasteiger partial charge in [0.2, 0.25) is 0 Å². The molecule has 0 amide bonds. The molecule has 0 bridgehead atoms. The Morgan fingerprint density at radius 1 is 1.64 bits per heavy atom. The largest absolute Gasteiger partial charge is 0.316 e. The third-order valence-corrected chi connectivity index (χ3v) is 2.50. The van der Waals surface area contributed by atoms with Crippen molar-refractivity contribution in [3.8, 4) is 0 Å². The van der Waals surface area contributed by atoms with E-state index in [0.717, 1.165) is 6.54 Å². The Balaban J connectivity index is 2.33. The Hall–Kier alpha value is -0.120. The minimum atomic E-state index is 0.178. The molecule has 1 aliphatic rings. The van der Waals surface area contributed by atoms with Gasteiger partial charge in [-0.15, -0.1) is 0 Å². The first-order valence-electron chi connectivity index (χ1n) is 4.35. The van der Waals surface area contributed by atoms with Crippen LogP contribution in [-0.4, -0.2) is 38.3 Å². The summed E-state index contributed by atoms with van der Waals surface area (Å²) in [6.07, 6.45) is 2.74. The minimum Gasteiger partial charge on any atom is -0.316 e. The van der Waals surface area contributed by atoms with Crippen molar-refractivity contribution in [3.05, 3.63) is 0 Å². The zero-order chi connectivity index (χ0) is 8.27. The lowest BCUT2D eigenvalue weighted by Crippen LogP contribution is -2.48. The molecule has 1 saturated heterocycles. The van der Waals surface area contributed by atoms with Crippen LogP contribution in [0.15, 0.2) is 0 Å². The summed E-state index contributed by atoms with van der Waals surface area (Å²) in [5.74, 6) is 0.638. The molecule has 0 radical (unpaired) electrons. The van der Waals surface area contributed by atoms with Gasteiger partial charge in [-0.3, -0.25) is 0 Å². The maximum Gasteiger partial charge on any atom is 0.0585 e. The van der Waals surface area contributed by atoms with Crippen molar-refractivity contribution in [2.45, 2.75) is 19.0 Å². The van der Waals surface area contributed by atoms with E-state index < -0.39 is 0 Å². The van der Waals surface area contributed by atoms with E-state index in [-0.39, 0.29) is 6.17 Å². The van der Waals surface area contributed by atoms with E-state index in [0.29, 0.717) is 5.92 Å². The van der Waals surface area contributed by atoms with Crippen LogP contribution in [0.25, 0.3) is 0 Å². The van der Waals surface area contributed by atoms with Crippen LogP contribution in [-0.2, 0) is 0 Å². The fraction of sp³-hybridized carbons (Fsp3) is 1.00. The highest BCUT2D eigenvalue weighted by Crippen LogP contribution is 2.15. The molecule has 3 heteroatoms. The smallest absolute Gasteiger partial charge is 0.0585 e. The van der Waals surface area contributed by atoms with Gasteiger partial charge >= 0.3 is 0 Å². The third-order valence-electron chi connectivity index (χ3n) is 2.50. The van der Waals surface area contributed by atoms with Crippen LogP contribution in [0.5, 0.6) is 0 Å². The number of piperidine rings is 1. The standard InChI is InChI=1S/C8H19N3/c1-10-8(9)7-4-3-5-11(2)6-7/h7-8,10H,3-6,9H2,1-2H3. The molecule has 1 rings (SSSR count). The summed E-state index contributed by atoms with van der Waals surface area (Å²) in [5.41, 5.74) is 5.87. The number of nitrogens with two attached hydrogens (primary N) is 1. The van der Waals surface area contributed by atoms with Crippen LogP contribution in [0, 0.1) is 5.92 Å². The summed E-state index contributed by atoms with van der Waals surface area (Å²) >= 11 is 0. The molecule has 2 atom stereocenters. The number of nitrogens with zero attached hydrogens (tertiary/aromatic N) is 1. The molecular formula is C8H19N3. The maximum atomic E-state index is 5.87. The van der Waals surface area contributed by atoms with Gasteiger partial charge in [0.15, 0.2) is 0 Å². The van der Waals surface area contributed by atoms with Gasteiger partial charge in [-0.2, -0.15) is 0 Å². The van der Waals surface area contributed by atoms with Crippen molar-refractivity contribution in [1.29, 1.82) is 0 Å². The molecule has 11 heavy (non-hydrogen) atoms. The first kappa shape index (κ1) is 8.97. The minimum absolute atomic E-state index is 0.178. The van der Waals surface area contributed by atoms with Crippen LogP contribution >= 0.6 is 0 Å². The highest BCUT2D eigenvalue weighted by molar-refractivity contribution is 4.76. The summed E-state index contributed by atoms with van der Waals surface area (Å²) < 4.78 is 0. The molecule has 1 aliphatic heterocycles. The van der Waals surface area contributed by atoms with E-state index in [1.54, 1.807) is 0 Å². The number of hydrogen-bond acceptors (Lipinski definition) is 3. The lowest BCUT2D eigenvalue weighted by molar-refractivity contribution is 0.178. The van der Waals surface area contributed by atoms with E-state index in [4.69, 9.17) is 5.73 Å². The topological polar surface area (TPSA) is 41.3 Å². The normalized spacial score (nSPS) is 30.3. The van der Waals surface area contributed by atoms with E-state index in [9.17, 15) is 0 Å². The number of hydrogen-bond donors (Lipinski definition) is 2. The van der Waals surface area contributed by atoms with Gasteiger partial charge in [-0.05, 0) is 39.4 Å². The second-order valence-corrected chi connectivity index (χ2v) is 3.48. The molecule has 0 aromatic rings. The van der Waals surface area contributed by atoms with Crippen LogP contribution in [0.2, 0.25) is 0 Å². The lowest BCUT2D eigenvalue weighted by Gasteiger charge is -2.33. The van der Waals surface area contributed by atoms with E-state index in [1.807, 2.05) is 7.05 Å². The van der Waals surface area contributed by atoms with E-state index in [1.165, 1.54) is 19.4 Å². The Labute approximate surface area is 68.9 Å². The predicted octanol–water partition coefficient (Wildman–Crippen LogP) is -0.168. The number of rotatable bonds is 2. The van der Waals surface area contributed by atoms with Gasteiger partial charge in [0.1, 0.15) is 0 Å². The maximum absolute atomic E-state index is 5.87. The van der Waals surface area contributed by atoms with Crippen molar-refractivity contribution < 1.29 is 0 Å². The summed E-state index contributed by atoms with van der Waals surface area (Å²) in [7, 11) is 4.09. The highest BCUT2D eigenvalue weighted by Gasteiger charge is 2.21. The summed E-state index contributed by atoms with van der Waals surface area (Å²) in [5, 5.41) is 3.11. The van der Waals surface area contributed by atoms with Crippen molar-refractivity contribution in [1.82, 2.24) is 10.2 Å². The summed E-state index contributed by atoms with van der Waals surface area (Å²) in [6, 6.07) is 0. The molecule has 1 heterocycles. The second kappa shape index (κ2) is 4.04. The Kier molecular flexibility index (Phi) is 3.30. The SMILES string of the molecule is CNC(N)C1CCCN(C)C1. The monoisotopic (exact) mass is 157 g/mol. The van der Waals surface area contributed by atoms with E-state index in [2.05, 4.69) is 17.3 Å². The molecule has 0 spiro atoms. The first-order chi connectivity index (χ1) is 5.24. The van der Waals surface area contributed by atoms with Crippen molar-refractivity contribution in [3.63, 3.8) is 0 Å². The van der Waals surface area contributed by atoms with Gasteiger partial charge in [0, 0.05) is 6.54 Å². The van der Waals surface area contributed by atoms with E-state index >= 15 is 0 Å². The first-order valence-corrected chi connectivity index (χ1v) is 4.35. The molecule has 0 aromatic carbocycles. The Morgan fingerprint density at radius 2 is 2.36 bits per heavy atom. The average Bonchev–Trinajstić information content (AvgIpc) is 2.03. The average molecular weight is 157 g/mol. The van der Waals surface area contributed by atoms with Gasteiger partial charge < -0.3 is 16.0 Å². The van der Waals surface area contributed by atoms with Crippen molar-refractivity contribution in [2.75, 3.05) is 27.2 Å². The number of nitrogens with one attached hydrogen (secondary N) is 1. The highest BCUT2D eigenvalue weighted by atomic mass is 15.1. The molecule has 3 N–H and O–H groups in total. The summed E-state index contributed by atoms with van der Waals surface area (Å²) in [6.45, 7) is 2.37. The molecule has 0 aliphatic carbocycles. The predicted molar refractivity (Wildman–Crippen MR) is 47.3 cm³/mol. The molecule has 0 aromatic heterocycles. The quantitative estimate of drug-likeness (QED) is 0.547.